The van der Waals surface area contributed by atoms with Crippen LogP contribution in [0.2, 0.25) is 0 Å². The van der Waals surface area contributed by atoms with Crippen molar-refractivity contribution in [3.63, 3.8) is 0 Å². The summed E-state index contributed by atoms with van der Waals surface area (Å²) in [5.41, 5.74) is 0.781. The summed E-state index contributed by atoms with van der Waals surface area (Å²) in [7, 11) is 1.59. The quantitative estimate of drug-likeness (QED) is 0.654. The molecule has 1 radical (unpaired) electrons. The molecule has 0 heterocycles. The van der Waals surface area contributed by atoms with Crippen LogP contribution in [0.4, 0.5) is 4.39 Å². The lowest BCUT2D eigenvalue weighted by atomic mass is 10.2. The first-order chi connectivity index (χ1) is 5.72. The lowest BCUT2D eigenvalue weighted by Gasteiger charge is -1.98. The molecule has 12 heavy (non-hydrogen) atoms. The van der Waals surface area contributed by atoms with Crippen molar-refractivity contribution in [2.24, 2.45) is 0 Å². The molecule has 0 saturated heterocycles. The summed E-state index contributed by atoms with van der Waals surface area (Å²) in [4.78, 5) is 0. The minimum atomic E-state index is -0.444. The van der Waals surface area contributed by atoms with Crippen molar-refractivity contribution < 1.29 is 9.13 Å². The van der Waals surface area contributed by atoms with Gasteiger partial charge >= 0.3 is 0 Å². The standard InChI is InChI=1S/C10H10FO/c1-8(11)7-9-3-5-10(12-2)6-4-9/h3-7H,1H2,2H3/b8-7-. The summed E-state index contributed by atoms with van der Waals surface area (Å²) in [5, 5.41) is 0. The van der Waals surface area contributed by atoms with Crippen LogP contribution >= 0.6 is 0 Å². The molecule has 0 aliphatic rings. The third-order valence-corrected chi connectivity index (χ3v) is 1.44. The minimum absolute atomic E-state index is 0.444. The first-order valence-corrected chi connectivity index (χ1v) is 3.55. The number of hydrogen-bond donors (Lipinski definition) is 0. The van der Waals surface area contributed by atoms with E-state index < -0.39 is 5.83 Å². The number of benzene rings is 1. The van der Waals surface area contributed by atoms with E-state index in [4.69, 9.17) is 4.74 Å². The second-order valence-corrected chi connectivity index (χ2v) is 2.36. The molecular weight excluding hydrogens is 155 g/mol. The zero-order chi connectivity index (χ0) is 8.97. The fourth-order valence-corrected chi connectivity index (χ4v) is 0.881. The molecular formula is C10H10FO. The van der Waals surface area contributed by atoms with Crippen LogP contribution in [0.25, 0.3) is 6.08 Å². The van der Waals surface area contributed by atoms with Crippen LogP contribution in [-0.2, 0) is 0 Å². The molecule has 1 aromatic rings. The average Bonchev–Trinajstić information content (AvgIpc) is 2.05. The predicted octanol–water partition coefficient (Wildman–Crippen LogP) is 2.84. The first kappa shape index (κ1) is 8.78. The molecule has 1 nitrogen and oxygen atoms in total. The molecule has 0 unspecified atom stereocenters. The van der Waals surface area contributed by atoms with Gasteiger partial charge in [0.1, 0.15) is 11.6 Å². The number of methoxy groups -OCH3 is 1. The molecule has 0 N–H and O–H groups in total. The van der Waals surface area contributed by atoms with Gasteiger partial charge in [-0.2, -0.15) is 0 Å². The van der Waals surface area contributed by atoms with Crippen LogP contribution in [-0.4, -0.2) is 7.11 Å². The van der Waals surface area contributed by atoms with Crippen molar-refractivity contribution in [3.05, 3.63) is 42.6 Å². The smallest absolute Gasteiger partial charge is 0.118 e. The van der Waals surface area contributed by atoms with E-state index in [2.05, 4.69) is 6.92 Å². The second-order valence-electron chi connectivity index (χ2n) is 2.36. The van der Waals surface area contributed by atoms with Crippen molar-refractivity contribution in [3.8, 4) is 5.75 Å². The normalized spacial score (nSPS) is 11.4. The lowest BCUT2D eigenvalue weighted by molar-refractivity contribution is 0.415. The van der Waals surface area contributed by atoms with Gasteiger partial charge in [0.2, 0.25) is 0 Å². The van der Waals surface area contributed by atoms with Gasteiger partial charge in [0, 0.05) is 6.92 Å². The van der Waals surface area contributed by atoms with Crippen molar-refractivity contribution in [1.82, 2.24) is 0 Å². The summed E-state index contributed by atoms with van der Waals surface area (Å²) in [6.45, 7) is 3.14. The lowest BCUT2D eigenvalue weighted by Crippen LogP contribution is -1.81. The Labute approximate surface area is 71.5 Å². The maximum atomic E-state index is 12.3. The van der Waals surface area contributed by atoms with E-state index in [1.54, 1.807) is 31.4 Å². The van der Waals surface area contributed by atoms with Gasteiger partial charge in [-0.1, -0.05) is 12.1 Å². The highest BCUT2D eigenvalue weighted by Crippen LogP contribution is 2.13. The molecule has 0 aromatic heterocycles. The Balaban J connectivity index is 2.85. The van der Waals surface area contributed by atoms with Crippen molar-refractivity contribution >= 4 is 6.08 Å². The van der Waals surface area contributed by atoms with Crippen LogP contribution < -0.4 is 4.74 Å². The van der Waals surface area contributed by atoms with Crippen LogP contribution in [0.1, 0.15) is 5.56 Å². The molecule has 0 spiro atoms. The average molecular weight is 165 g/mol. The summed E-state index contributed by atoms with van der Waals surface area (Å²) in [5.74, 6) is 0.316. The minimum Gasteiger partial charge on any atom is -0.497 e. The highest BCUT2D eigenvalue weighted by molar-refractivity contribution is 5.52. The van der Waals surface area contributed by atoms with Gasteiger partial charge in [-0.05, 0) is 23.8 Å². The van der Waals surface area contributed by atoms with Crippen molar-refractivity contribution in [2.45, 2.75) is 0 Å². The molecule has 63 valence electrons. The maximum absolute atomic E-state index is 12.3. The van der Waals surface area contributed by atoms with Gasteiger partial charge in [-0.15, -0.1) is 0 Å². The molecule has 0 aliphatic carbocycles. The summed E-state index contributed by atoms with van der Waals surface area (Å²) in [6.07, 6.45) is 1.36. The summed E-state index contributed by atoms with van der Waals surface area (Å²) in [6, 6.07) is 7.08. The topological polar surface area (TPSA) is 9.23 Å². The largest absolute Gasteiger partial charge is 0.497 e. The Kier molecular flexibility index (Phi) is 2.86. The zero-order valence-electron chi connectivity index (χ0n) is 6.88. The number of halogens is 1. The molecule has 2 heteroatoms. The van der Waals surface area contributed by atoms with Gasteiger partial charge < -0.3 is 4.74 Å². The summed E-state index contributed by atoms with van der Waals surface area (Å²) >= 11 is 0. The van der Waals surface area contributed by atoms with Crippen LogP contribution in [0, 0.1) is 6.92 Å². The Hall–Kier alpha value is -1.31. The van der Waals surface area contributed by atoms with Crippen LogP contribution in [0.3, 0.4) is 0 Å². The third-order valence-electron chi connectivity index (χ3n) is 1.44. The SMILES string of the molecule is [CH2]/C(F)=C/c1ccc(OC)cc1. The molecule has 0 saturated carbocycles. The van der Waals surface area contributed by atoms with E-state index >= 15 is 0 Å². The molecule has 0 bridgehead atoms. The van der Waals surface area contributed by atoms with Crippen LogP contribution in [0.15, 0.2) is 30.1 Å². The third kappa shape index (κ3) is 2.38. The van der Waals surface area contributed by atoms with Gasteiger partial charge in [-0.25, -0.2) is 4.39 Å². The monoisotopic (exact) mass is 165 g/mol. The number of rotatable bonds is 2. The Morgan fingerprint density at radius 3 is 2.42 bits per heavy atom. The molecule has 0 atom stereocenters. The van der Waals surface area contributed by atoms with Crippen LogP contribution in [0.5, 0.6) is 5.75 Å². The van der Waals surface area contributed by atoms with Gasteiger partial charge in [0.15, 0.2) is 0 Å². The summed E-state index contributed by atoms with van der Waals surface area (Å²) < 4.78 is 17.2. The Bertz CT molecular complexity index is 270. The molecule has 1 aromatic carbocycles. The van der Waals surface area contributed by atoms with Gasteiger partial charge in [0.05, 0.1) is 7.11 Å². The maximum Gasteiger partial charge on any atom is 0.118 e. The van der Waals surface area contributed by atoms with E-state index in [0.29, 0.717) is 0 Å². The Morgan fingerprint density at radius 1 is 1.42 bits per heavy atom. The van der Waals surface area contributed by atoms with Gasteiger partial charge in [0.25, 0.3) is 0 Å². The first-order valence-electron chi connectivity index (χ1n) is 3.55. The number of hydrogen-bond acceptors (Lipinski definition) is 1. The highest BCUT2D eigenvalue weighted by Gasteiger charge is 1.91. The predicted molar refractivity (Wildman–Crippen MR) is 47.4 cm³/mol. The fraction of sp³-hybridized carbons (Fsp3) is 0.100. The van der Waals surface area contributed by atoms with E-state index in [9.17, 15) is 4.39 Å². The number of allylic oxidation sites excluding steroid dienone is 1. The highest BCUT2D eigenvalue weighted by atomic mass is 19.1. The van der Waals surface area contributed by atoms with E-state index in [-0.39, 0.29) is 0 Å². The van der Waals surface area contributed by atoms with E-state index in [1.807, 2.05) is 0 Å². The Morgan fingerprint density at radius 2 is 2.00 bits per heavy atom. The molecule has 1 rings (SSSR count). The van der Waals surface area contributed by atoms with Crippen molar-refractivity contribution in [1.29, 1.82) is 0 Å². The molecule has 0 fully saturated rings. The second kappa shape index (κ2) is 3.90. The molecule has 0 amide bonds. The van der Waals surface area contributed by atoms with E-state index in [1.165, 1.54) is 6.08 Å². The van der Waals surface area contributed by atoms with Gasteiger partial charge in [-0.3, -0.25) is 0 Å². The van der Waals surface area contributed by atoms with E-state index in [0.717, 1.165) is 11.3 Å². The van der Waals surface area contributed by atoms with Crippen molar-refractivity contribution in [2.75, 3.05) is 7.11 Å². The fourth-order valence-electron chi connectivity index (χ4n) is 0.881. The molecule has 0 aliphatic heterocycles. The number of ether oxygens (including phenoxy) is 1. The zero-order valence-corrected chi connectivity index (χ0v) is 6.88.